The van der Waals surface area contributed by atoms with Gasteiger partial charge in [0.15, 0.2) is 16.4 Å². The second kappa shape index (κ2) is 7.25. The molecule has 2 aliphatic heterocycles. The van der Waals surface area contributed by atoms with E-state index in [0.717, 1.165) is 32.0 Å². The summed E-state index contributed by atoms with van der Waals surface area (Å²) in [5.41, 5.74) is 0. The average Bonchev–Trinajstić information content (AvgIpc) is 2.80. The van der Waals surface area contributed by atoms with Crippen LogP contribution in [-0.2, 0) is 14.6 Å². The van der Waals surface area contributed by atoms with Crippen LogP contribution < -0.4 is 20.1 Å². The van der Waals surface area contributed by atoms with Gasteiger partial charge >= 0.3 is 0 Å². The van der Waals surface area contributed by atoms with Gasteiger partial charge in [0.25, 0.3) is 11.7 Å². The lowest BCUT2D eigenvalue weighted by Crippen LogP contribution is -3.16. The molecule has 0 unspecified atom stereocenters. The largest absolute Gasteiger partial charge is 0.346 e. The first kappa shape index (κ1) is 17.4. The molecule has 1 aromatic rings. The van der Waals surface area contributed by atoms with E-state index < -0.39 is 21.3 Å². The second-order valence-corrected chi connectivity index (χ2v) is 9.14. The van der Waals surface area contributed by atoms with Gasteiger partial charge in [0.05, 0.1) is 29.1 Å². The van der Waals surface area contributed by atoms with Crippen LogP contribution in [0.5, 0.6) is 0 Å². The van der Waals surface area contributed by atoms with Gasteiger partial charge in [0, 0.05) is 6.07 Å². The van der Waals surface area contributed by atoms with E-state index in [1.807, 2.05) is 24.4 Å². The maximum atomic E-state index is 12.2. The zero-order valence-electron chi connectivity index (χ0n) is 13.4. The van der Waals surface area contributed by atoms with Gasteiger partial charge in [-0.05, 0) is 6.07 Å². The molecule has 24 heavy (non-hydrogen) atoms. The van der Waals surface area contributed by atoms with E-state index >= 15 is 0 Å². The maximum absolute atomic E-state index is 12.2. The number of H-pyrrole nitrogens is 1. The van der Waals surface area contributed by atoms with Crippen molar-refractivity contribution >= 4 is 33.2 Å². The lowest BCUT2D eigenvalue weighted by molar-refractivity contribution is -0.892. The van der Waals surface area contributed by atoms with Crippen molar-refractivity contribution < 1.29 is 23.1 Å². The molecule has 7 nitrogen and oxygen atoms in total. The van der Waals surface area contributed by atoms with Crippen molar-refractivity contribution in [1.29, 1.82) is 0 Å². The fraction of sp³-hybridized carbons (Fsp3) is 0.600. The zero-order valence-corrected chi connectivity index (χ0v) is 14.9. The van der Waals surface area contributed by atoms with E-state index in [-0.39, 0.29) is 17.4 Å². The minimum absolute atomic E-state index is 0.0557. The first-order chi connectivity index (χ1) is 11.4. The number of pyridine rings is 1. The lowest BCUT2D eigenvalue weighted by atomic mass is 10.2. The van der Waals surface area contributed by atoms with E-state index in [1.54, 1.807) is 0 Å². The summed E-state index contributed by atoms with van der Waals surface area (Å²) < 4.78 is 23.1. The van der Waals surface area contributed by atoms with Crippen molar-refractivity contribution in [2.24, 2.45) is 0 Å². The SMILES string of the molecule is O=C(C[NH+]1CCN(c2cccc[nH+]2)CC1)N[C@H]1CS(=O)(=O)C[C@H]1Cl. The highest BCUT2D eigenvalue weighted by Crippen LogP contribution is 2.17. The van der Waals surface area contributed by atoms with E-state index in [9.17, 15) is 13.2 Å². The highest BCUT2D eigenvalue weighted by atomic mass is 35.5. The minimum atomic E-state index is -3.12. The number of sulfone groups is 1. The van der Waals surface area contributed by atoms with Crippen molar-refractivity contribution in [3.8, 4) is 0 Å². The predicted octanol–water partition coefficient (Wildman–Crippen LogP) is -2.27. The van der Waals surface area contributed by atoms with Crippen molar-refractivity contribution in [1.82, 2.24) is 5.32 Å². The Morgan fingerprint density at radius 3 is 2.67 bits per heavy atom. The summed E-state index contributed by atoms with van der Waals surface area (Å²) in [6.07, 6.45) is 1.90. The van der Waals surface area contributed by atoms with Crippen LogP contribution in [0.4, 0.5) is 5.82 Å². The van der Waals surface area contributed by atoms with Gasteiger partial charge in [-0.1, -0.05) is 6.07 Å². The van der Waals surface area contributed by atoms with Crippen LogP contribution in [-0.4, -0.2) is 70.0 Å². The smallest absolute Gasteiger partial charge is 0.275 e. The molecule has 1 aromatic heterocycles. The Hall–Kier alpha value is -1.38. The molecule has 0 spiro atoms. The molecule has 0 bridgehead atoms. The number of nitrogens with zero attached hydrogens (tertiary/aromatic N) is 1. The van der Waals surface area contributed by atoms with Crippen LogP contribution in [0.2, 0.25) is 0 Å². The van der Waals surface area contributed by atoms with Crippen LogP contribution in [0, 0.1) is 0 Å². The van der Waals surface area contributed by atoms with Gasteiger partial charge in [0.1, 0.15) is 26.2 Å². The number of rotatable bonds is 4. The van der Waals surface area contributed by atoms with Gasteiger partial charge < -0.3 is 10.2 Å². The van der Waals surface area contributed by atoms with Gasteiger partial charge in [-0.3, -0.25) is 9.69 Å². The highest BCUT2D eigenvalue weighted by Gasteiger charge is 2.38. The standard InChI is InChI=1S/C15H21ClN4O3S/c16-12-10-24(22,23)11-13(12)18-15(21)9-19-5-7-20(8-6-19)14-3-1-2-4-17-14/h1-4,12-13H,5-11H2,(H,18,21)/p+2/t12-,13+/m1/s1. The number of piperazine rings is 1. The number of anilines is 1. The van der Waals surface area contributed by atoms with Crippen molar-refractivity contribution in [3.05, 3.63) is 24.4 Å². The number of amides is 1. The van der Waals surface area contributed by atoms with Gasteiger partial charge in [-0.25, -0.2) is 13.4 Å². The number of alkyl halides is 1. The molecule has 0 saturated carbocycles. The fourth-order valence-corrected chi connectivity index (χ4v) is 5.79. The highest BCUT2D eigenvalue weighted by molar-refractivity contribution is 7.91. The molecular weight excluding hydrogens is 352 g/mol. The third-order valence-corrected chi connectivity index (χ3v) is 6.92. The van der Waals surface area contributed by atoms with Crippen molar-refractivity contribution in [2.45, 2.75) is 11.4 Å². The summed E-state index contributed by atoms with van der Waals surface area (Å²) in [7, 11) is -3.12. The minimum Gasteiger partial charge on any atom is -0.346 e. The molecule has 2 fully saturated rings. The van der Waals surface area contributed by atoms with E-state index in [1.165, 1.54) is 4.90 Å². The van der Waals surface area contributed by atoms with Crippen molar-refractivity contribution in [3.63, 3.8) is 0 Å². The molecule has 0 aliphatic carbocycles. The van der Waals surface area contributed by atoms with E-state index in [4.69, 9.17) is 11.6 Å². The van der Waals surface area contributed by atoms with Crippen LogP contribution >= 0.6 is 11.6 Å². The molecule has 1 amide bonds. The molecule has 3 rings (SSSR count). The molecule has 0 aromatic carbocycles. The summed E-state index contributed by atoms with van der Waals surface area (Å²) >= 11 is 6.03. The molecule has 2 atom stereocenters. The van der Waals surface area contributed by atoms with Gasteiger partial charge in [0.2, 0.25) is 0 Å². The Kier molecular flexibility index (Phi) is 5.27. The molecule has 9 heteroatoms. The van der Waals surface area contributed by atoms with E-state index in [0.29, 0.717) is 6.54 Å². The fourth-order valence-electron chi connectivity index (χ4n) is 3.24. The molecule has 132 valence electrons. The van der Waals surface area contributed by atoms with Gasteiger partial charge in [-0.2, -0.15) is 0 Å². The summed E-state index contributed by atoms with van der Waals surface area (Å²) in [5, 5.41) is 2.26. The Morgan fingerprint density at radius 2 is 2.08 bits per heavy atom. The lowest BCUT2D eigenvalue weighted by Gasteiger charge is -2.28. The number of aromatic amines is 1. The Bertz CT molecular complexity index is 677. The molecule has 3 N–H and O–H groups in total. The molecule has 2 aliphatic rings. The molecule has 0 radical (unpaired) electrons. The molecule has 3 heterocycles. The summed E-state index contributed by atoms with van der Waals surface area (Å²) in [6, 6.07) is 5.52. The third-order valence-electron chi connectivity index (χ3n) is 4.54. The normalized spacial score (nSPS) is 27.1. The number of nitrogens with one attached hydrogen (secondary N) is 3. The number of aromatic nitrogens is 1. The topological polar surface area (TPSA) is 85.1 Å². The summed E-state index contributed by atoms with van der Waals surface area (Å²) in [5.74, 6) is 0.845. The Morgan fingerprint density at radius 1 is 1.33 bits per heavy atom. The van der Waals surface area contributed by atoms with Crippen LogP contribution in [0.1, 0.15) is 0 Å². The maximum Gasteiger partial charge on any atom is 0.275 e. The number of halogens is 1. The van der Waals surface area contributed by atoms with Gasteiger partial charge in [-0.15, -0.1) is 11.6 Å². The number of quaternary nitrogens is 1. The monoisotopic (exact) mass is 374 g/mol. The zero-order chi connectivity index (χ0) is 17.2. The molecular formula is C15H23ClN4O3S+2. The Labute approximate surface area is 146 Å². The third kappa shape index (κ3) is 4.37. The first-order valence-electron chi connectivity index (χ1n) is 8.12. The van der Waals surface area contributed by atoms with E-state index in [2.05, 4.69) is 15.2 Å². The Balaban J connectivity index is 1.45. The van der Waals surface area contributed by atoms with Crippen LogP contribution in [0.25, 0.3) is 0 Å². The molecule has 2 saturated heterocycles. The quantitative estimate of drug-likeness (QED) is 0.582. The van der Waals surface area contributed by atoms with Crippen LogP contribution in [0.15, 0.2) is 24.4 Å². The average molecular weight is 375 g/mol. The first-order valence-corrected chi connectivity index (χ1v) is 10.4. The van der Waals surface area contributed by atoms with Crippen LogP contribution in [0.3, 0.4) is 0 Å². The number of hydrogen-bond acceptors (Lipinski definition) is 4. The second-order valence-electron chi connectivity index (χ2n) is 6.43. The summed E-state index contributed by atoms with van der Waals surface area (Å²) in [6.45, 7) is 3.83. The number of carbonyl (C=O) groups excluding carboxylic acids is 1. The number of hydrogen-bond donors (Lipinski definition) is 2. The summed E-state index contributed by atoms with van der Waals surface area (Å²) in [4.78, 5) is 18.9. The van der Waals surface area contributed by atoms with Crippen molar-refractivity contribution in [2.75, 3.05) is 49.1 Å². The number of carbonyl (C=O) groups is 1. The predicted molar refractivity (Wildman–Crippen MR) is 91.0 cm³/mol.